The summed E-state index contributed by atoms with van der Waals surface area (Å²) in [6, 6.07) is 23.2. The van der Waals surface area contributed by atoms with Crippen LogP contribution >= 0.6 is 0 Å². The lowest BCUT2D eigenvalue weighted by Gasteiger charge is -2.00. The van der Waals surface area contributed by atoms with Gasteiger partial charge in [-0.2, -0.15) is 0 Å². The van der Waals surface area contributed by atoms with Crippen molar-refractivity contribution >= 4 is 22.4 Å². The maximum absolute atomic E-state index is 11.8. The standard InChI is InChI=1S/C19H13NO/c21-19(20-17-10-2-1-3-11-17)14-13-16-9-6-8-15-7-4-5-12-18(15)16/h1-12H,(H,20,21). The first-order valence-corrected chi connectivity index (χ1v) is 6.69. The van der Waals surface area contributed by atoms with Crippen LogP contribution in [-0.2, 0) is 4.79 Å². The van der Waals surface area contributed by atoms with Gasteiger partial charge in [0.05, 0.1) is 0 Å². The number of rotatable bonds is 1. The molecule has 0 heterocycles. The molecule has 1 amide bonds. The summed E-state index contributed by atoms with van der Waals surface area (Å²) in [6.45, 7) is 0. The van der Waals surface area contributed by atoms with Crippen molar-refractivity contribution in [1.82, 2.24) is 0 Å². The van der Waals surface area contributed by atoms with Gasteiger partial charge >= 0.3 is 5.91 Å². The Labute approximate surface area is 123 Å². The number of para-hydroxylation sites is 1. The molecule has 0 aliphatic carbocycles. The van der Waals surface area contributed by atoms with Crippen molar-refractivity contribution in [3.8, 4) is 11.8 Å². The van der Waals surface area contributed by atoms with Gasteiger partial charge in [-0.25, -0.2) is 0 Å². The number of carbonyl (C=O) groups excluding carboxylic acids is 1. The minimum atomic E-state index is -0.311. The van der Waals surface area contributed by atoms with Gasteiger partial charge in [0.1, 0.15) is 0 Å². The molecule has 3 rings (SSSR count). The Hall–Kier alpha value is -3.05. The Bertz CT molecular complexity index is 836. The lowest BCUT2D eigenvalue weighted by Crippen LogP contribution is -2.08. The van der Waals surface area contributed by atoms with Crippen LogP contribution in [0.5, 0.6) is 0 Å². The second kappa shape index (κ2) is 5.94. The van der Waals surface area contributed by atoms with Crippen molar-refractivity contribution in [1.29, 1.82) is 0 Å². The number of benzene rings is 3. The van der Waals surface area contributed by atoms with E-state index in [1.807, 2.05) is 72.8 Å². The minimum absolute atomic E-state index is 0.311. The highest BCUT2D eigenvalue weighted by molar-refractivity contribution is 6.04. The van der Waals surface area contributed by atoms with Gasteiger partial charge < -0.3 is 5.32 Å². The van der Waals surface area contributed by atoms with E-state index in [2.05, 4.69) is 17.2 Å². The van der Waals surface area contributed by atoms with Gasteiger partial charge in [0, 0.05) is 17.2 Å². The molecular formula is C19H13NO. The van der Waals surface area contributed by atoms with Crippen molar-refractivity contribution in [3.05, 3.63) is 78.4 Å². The molecule has 3 aromatic carbocycles. The molecule has 0 radical (unpaired) electrons. The number of amides is 1. The third-order valence-electron chi connectivity index (χ3n) is 3.13. The zero-order chi connectivity index (χ0) is 14.5. The van der Waals surface area contributed by atoms with Crippen molar-refractivity contribution < 1.29 is 4.79 Å². The summed E-state index contributed by atoms with van der Waals surface area (Å²) in [4.78, 5) is 11.8. The van der Waals surface area contributed by atoms with Crippen molar-refractivity contribution in [2.24, 2.45) is 0 Å². The molecule has 0 spiro atoms. The highest BCUT2D eigenvalue weighted by atomic mass is 16.1. The molecule has 0 aromatic heterocycles. The number of anilines is 1. The molecule has 0 bridgehead atoms. The monoisotopic (exact) mass is 271 g/mol. The molecule has 0 unspecified atom stereocenters. The normalized spacial score (nSPS) is 9.71. The van der Waals surface area contributed by atoms with E-state index in [1.165, 1.54) is 0 Å². The highest BCUT2D eigenvalue weighted by Gasteiger charge is 1.99. The molecule has 0 fully saturated rings. The predicted molar refractivity (Wildman–Crippen MR) is 85.9 cm³/mol. The average molecular weight is 271 g/mol. The van der Waals surface area contributed by atoms with Crippen molar-refractivity contribution in [3.63, 3.8) is 0 Å². The molecule has 1 N–H and O–H groups in total. The Balaban J connectivity index is 1.84. The highest BCUT2D eigenvalue weighted by Crippen LogP contribution is 2.17. The van der Waals surface area contributed by atoms with Crippen molar-refractivity contribution in [2.75, 3.05) is 5.32 Å². The van der Waals surface area contributed by atoms with Crippen LogP contribution < -0.4 is 5.32 Å². The molecule has 2 nitrogen and oxygen atoms in total. The van der Waals surface area contributed by atoms with Crippen LogP contribution in [0.1, 0.15) is 5.56 Å². The van der Waals surface area contributed by atoms with Gasteiger partial charge in [-0.05, 0) is 29.0 Å². The van der Waals surface area contributed by atoms with Crippen LogP contribution in [0.4, 0.5) is 5.69 Å². The van der Waals surface area contributed by atoms with Crippen LogP contribution in [0.15, 0.2) is 72.8 Å². The average Bonchev–Trinajstić information content (AvgIpc) is 2.54. The van der Waals surface area contributed by atoms with E-state index >= 15 is 0 Å². The van der Waals surface area contributed by atoms with E-state index in [4.69, 9.17) is 0 Å². The van der Waals surface area contributed by atoms with Gasteiger partial charge in [0.2, 0.25) is 0 Å². The first-order valence-electron chi connectivity index (χ1n) is 6.69. The van der Waals surface area contributed by atoms with Crippen LogP contribution in [-0.4, -0.2) is 5.91 Å². The van der Waals surface area contributed by atoms with E-state index in [1.54, 1.807) is 0 Å². The lowest BCUT2D eigenvalue weighted by molar-refractivity contribution is -0.111. The fraction of sp³-hybridized carbons (Fsp3) is 0. The van der Waals surface area contributed by atoms with Gasteiger partial charge in [-0.15, -0.1) is 0 Å². The third kappa shape index (κ3) is 3.10. The van der Waals surface area contributed by atoms with Crippen LogP contribution in [0.2, 0.25) is 0 Å². The lowest BCUT2D eigenvalue weighted by atomic mass is 10.1. The first-order chi connectivity index (χ1) is 10.3. The Morgan fingerprint density at radius 1 is 0.810 bits per heavy atom. The summed E-state index contributed by atoms with van der Waals surface area (Å²) in [5.74, 6) is 5.27. The molecule has 0 atom stereocenters. The molecule has 0 saturated heterocycles. The topological polar surface area (TPSA) is 29.1 Å². The smallest absolute Gasteiger partial charge is 0.300 e. The quantitative estimate of drug-likeness (QED) is 0.670. The van der Waals surface area contributed by atoms with E-state index in [-0.39, 0.29) is 5.91 Å². The summed E-state index contributed by atoms with van der Waals surface area (Å²) >= 11 is 0. The maximum Gasteiger partial charge on any atom is 0.300 e. The third-order valence-corrected chi connectivity index (χ3v) is 3.13. The number of hydrogen-bond donors (Lipinski definition) is 1. The predicted octanol–water partition coefficient (Wildman–Crippen LogP) is 3.83. The second-order valence-corrected chi connectivity index (χ2v) is 4.60. The Kier molecular flexibility index (Phi) is 3.66. The summed E-state index contributed by atoms with van der Waals surface area (Å²) < 4.78 is 0. The molecule has 2 heteroatoms. The van der Waals surface area contributed by atoms with Crippen LogP contribution in [0, 0.1) is 11.8 Å². The molecule has 0 aliphatic heterocycles. The van der Waals surface area contributed by atoms with Crippen LogP contribution in [0.25, 0.3) is 10.8 Å². The first kappa shape index (κ1) is 13.0. The van der Waals surface area contributed by atoms with Crippen molar-refractivity contribution in [2.45, 2.75) is 0 Å². The van der Waals surface area contributed by atoms with E-state index in [0.29, 0.717) is 0 Å². The summed E-state index contributed by atoms with van der Waals surface area (Å²) in [5.41, 5.74) is 1.60. The molecular weight excluding hydrogens is 258 g/mol. The molecule has 21 heavy (non-hydrogen) atoms. The van der Waals surface area contributed by atoms with Gasteiger partial charge in [-0.3, -0.25) is 4.79 Å². The molecule has 0 saturated carbocycles. The van der Waals surface area contributed by atoms with Gasteiger partial charge in [0.15, 0.2) is 0 Å². The number of carbonyl (C=O) groups is 1. The van der Waals surface area contributed by atoms with Crippen LogP contribution in [0.3, 0.4) is 0 Å². The summed E-state index contributed by atoms with van der Waals surface area (Å²) in [5, 5.41) is 4.92. The molecule has 100 valence electrons. The maximum atomic E-state index is 11.8. The fourth-order valence-corrected chi connectivity index (χ4v) is 2.14. The Morgan fingerprint density at radius 2 is 1.52 bits per heavy atom. The fourth-order valence-electron chi connectivity index (χ4n) is 2.14. The zero-order valence-corrected chi connectivity index (χ0v) is 11.3. The summed E-state index contributed by atoms with van der Waals surface area (Å²) in [7, 11) is 0. The van der Waals surface area contributed by atoms with E-state index in [9.17, 15) is 4.79 Å². The van der Waals surface area contributed by atoms with Gasteiger partial charge in [0.25, 0.3) is 0 Å². The second-order valence-electron chi connectivity index (χ2n) is 4.60. The zero-order valence-electron chi connectivity index (χ0n) is 11.3. The van der Waals surface area contributed by atoms with E-state index < -0.39 is 0 Å². The summed E-state index contributed by atoms with van der Waals surface area (Å²) in [6.07, 6.45) is 0. The molecule has 3 aromatic rings. The van der Waals surface area contributed by atoms with E-state index in [0.717, 1.165) is 22.0 Å². The largest absolute Gasteiger partial charge is 0.315 e. The minimum Gasteiger partial charge on any atom is -0.315 e. The number of fused-ring (bicyclic) bond motifs is 1. The Morgan fingerprint density at radius 3 is 2.38 bits per heavy atom. The number of nitrogens with one attached hydrogen (secondary N) is 1. The van der Waals surface area contributed by atoms with Gasteiger partial charge in [-0.1, -0.05) is 60.5 Å². The SMILES string of the molecule is O=C(C#Cc1cccc2ccccc12)Nc1ccccc1. The number of hydrogen-bond acceptors (Lipinski definition) is 1. The molecule has 0 aliphatic rings.